The average Bonchev–Trinajstić information content (AvgIpc) is 3.32. The van der Waals surface area contributed by atoms with Crippen LogP contribution < -0.4 is 10.2 Å². The molecule has 2 heterocycles. The first-order chi connectivity index (χ1) is 16.5. The number of ether oxygens (including phenoxy) is 1. The van der Waals surface area contributed by atoms with Gasteiger partial charge in [-0.15, -0.1) is 11.3 Å². The third-order valence-corrected chi connectivity index (χ3v) is 6.82. The Bertz CT molecular complexity index is 1130. The van der Waals surface area contributed by atoms with Gasteiger partial charge in [-0.1, -0.05) is 30.7 Å². The molecule has 1 fully saturated rings. The molecule has 1 N–H and O–H groups in total. The summed E-state index contributed by atoms with van der Waals surface area (Å²) in [6.07, 6.45) is 0.00430. The number of halogens is 1. The monoisotopic (exact) mass is 498 g/mol. The van der Waals surface area contributed by atoms with E-state index < -0.39 is 5.97 Å². The summed E-state index contributed by atoms with van der Waals surface area (Å²) >= 11 is 7.46. The second-order valence-corrected chi connectivity index (χ2v) is 9.30. The van der Waals surface area contributed by atoms with Gasteiger partial charge in [-0.25, -0.2) is 4.98 Å². The highest BCUT2D eigenvalue weighted by Crippen LogP contribution is 2.26. The van der Waals surface area contributed by atoms with Crippen LogP contribution in [0.3, 0.4) is 0 Å². The fraction of sp³-hybridized carbons (Fsp3) is 0.320. The number of piperazine rings is 1. The first-order valence-corrected chi connectivity index (χ1v) is 12.5. The number of nitrogens with zero attached hydrogens (tertiary/aromatic N) is 3. The van der Waals surface area contributed by atoms with E-state index in [-0.39, 0.29) is 18.9 Å². The number of carbonyl (C=O) groups is 2. The lowest BCUT2D eigenvalue weighted by Crippen LogP contribution is -2.46. The minimum Gasteiger partial charge on any atom is -0.455 e. The van der Waals surface area contributed by atoms with Crippen LogP contribution in [0.2, 0.25) is 5.02 Å². The summed E-state index contributed by atoms with van der Waals surface area (Å²) in [5.41, 5.74) is 3.30. The number of aromatic nitrogens is 1. The predicted molar refractivity (Wildman–Crippen MR) is 137 cm³/mol. The molecular formula is C25H27ClN4O3S. The number of esters is 1. The van der Waals surface area contributed by atoms with Crippen molar-refractivity contribution in [3.63, 3.8) is 0 Å². The largest absolute Gasteiger partial charge is 0.455 e. The number of thiazole rings is 1. The molecule has 34 heavy (non-hydrogen) atoms. The minimum atomic E-state index is -0.500. The van der Waals surface area contributed by atoms with Crippen molar-refractivity contribution < 1.29 is 14.3 Å². The standard InChI is InChI=1S/C25H27ClN4O3S/c1-2-29-10-12-30(13-11-29)22-8-6-20(7-9-22)27-23(31)16-33-24(32)15-21-17-34-25(28-21)18-4-3-5-19(26)14-18/h3-9,14,17H,2,10-13,15-16H2,1H3,(H,27,31). The molecule has 1 aliphatic heterocycles. The molecule has 0 aliphatic carbocycles. The molecule has 178 valence electrons. The molecule has 0 unspecified atom stereocenters. The number of carbonyl (C=O) groups excluding carboxylic acids is 2. The van der Waals surface area contributed by atoms with Gasteiger partial charge in [0.2, 0.25) is 0 Å². The zero-order valence-electron chi connectivity index (χ0n) is 19.0. The van der Waals surface area contributed by atoms with Crippen LogP contribution in [0.1, 0.15) is 12.6 Å². The van der Waals surface area contributed by atoms with Gasteiger partial charge >= 0.3 is 5.97 Å². The van der Waals surface area contributed by atoms with Gasteiger partial charge in [0.1, 0.15) is 5.01 Å². The van der Waals surface area contributed by atoms with Gasteiger partial charge in [-0.3, -0.25) is 9.59 Å². The van der Waals surface area contributed by atoms with Gasteiger partial charge in [0, 0.05) is 53.5 Å². The Morgan fingerprint density at radius 1 is 1.12 bits per heavy atom. The maximum Gasteiger partial charge on any atom is 0.312 e. The van der Waals surface area contributed by atoms with Gasteiger partial charge in [-0.2, -0.15) is 0 Å². The highest BCUT2D eigenvalue weighted by Gasteiger charge is 2.16. The normalized spacial score (nSPS) is 14.1. The van der Waals surface area contributed by atoms with Crippen LogP contribution in [0.5, 0.6) is 0 Å². The van der Waals surface area contributed by atoms with Crippen LogP contribution in [0.25, 0.3) is 10.6 Å². The maximum absolute atomic E-state index is 12.2. The van der Waals surface area contributed by atoms with E-state index in [4.69, 9.17) is 16.3 Å². The van der Waals surface area contributed by atoms with Crippen molar-refractivity contribution in [1.82, 2.24) is 9.88 Å². The third kappa shape index (κ3) is 6.56. The fourth-order valence-corrected chi connectivity index (χ4v) is 4.77. The molecule has 4 rings (SSSR count). The van der Waals surface area contributed by atoms with Crippen molar-refractivity contribution in [3.05, 3.63) is 64.6 Å². The summed E-state index contributed by atoms with van der Waals surface area (Å²) in [4.78, 5) is 33.6. The number of rotatable bonds is 8. The van der Waals surface area contributed by atoms with Gasteiger partial charge in [-0.05, 0) is 42.9 Å². The Morgan fingerprint density at radius 2 is 1.88 bits per heavy atom. The first-order valence-electron chi connectivity index (χ1n) is 11.2. The van der Waals surface area contributed by atoms with E-state index in [0.717, 1.165) is 49.0 Å². The second-order valence-electron chi connectivity index (χ2n) is 8.01. The molecule has 0 saturated carbocycles. The maximum atomic E-state index is 12.2. The van der Waals surface area contributed by atoms with E-state index >= 15 is 0 Å². The van der Waals surface area contributed by atoms with E-state index in [9.17, 15) is 9.59 Å². The molecule has 3 aromatic rings. The zero-order valence-corrected chi connectivity index (χ0v) is 20.6. The van der Waals surface area contributed by atoms with Crippen LogP contribution in [0.4, 0.5) is 11.4 Å². The van der Waals surface area contributed by atoms with Gasteiger partial charge in [0.05, 0.1) is 12.1 Å². The minimum absolute atomic E-state index is 0.00430. The Balaban J connectivity index is 1.21. The average molecular weight is 499 g/mol. The highest BCUT2D eigenvalue weighted by molar-refractivity contribution is 7.13. The Hall–Kier alpha value is -2.94. The topological polar surface area (TPSA) is 74.8 Å². The molecule has 0 bridgehead atoms. The summed E-state index contributed by atoms with van der Waals surface area (Å²) in [7, 11) is 0. The molecule has 1 aliphatic rings. The number of hydrogen-bond donors (Lipinski definition) is 1. The van der Waals surface area contributed by atoms with Gasteiger partial charge < -0.3 is 19.9 Å². The molecule has 0 radical (unpaired) electrons. The van der Waals surface area contributed by atoms with Crippen LogP contribution in [-0.4, -0.2) is 61.1 Å². The summed E-state index contributed by atoms with van der Waals surface area (Å²) in [5.74, 6) is -0.879. The van der Waals surface area contributed by atoms with E-state index in [2.05, 4.69) is 27.0 Å². The number of benzene rings is 2. The SMILES string of the molecule is CCN1CCN(c2ccc(NC(=O)COC(=O)Cc3csc(-c4cccc(Cl)c4)n3)cc2)CC1. The lowest BCUT2D eigenvalue weighted by molar-refractivity contribution is -0.146. The van der Waals surface area contributed by atoms with E-state index in [1.54, 1.807) is 11.4 Å². The molecule has 0 atom stereocenters. The van der Waals surface area contributed by atoms with Crippen LogP contribution in [-0.2, 0) is 20.7 Å². The summed E-state index contributed by atoms with van der Waals surface area (Å²) < 4.78 is 5.13. The van der Waals surface area contributed by atoms with Crippen LogP contribution in [0.15, 0.2) is 53.9 Å². The number of likely N-dealkylation sites (N-methyl/N-ethyl adjacent to an activating group) is 1. The van der Waals surface area contributed by atoms with E-state index in [1.807, 2.05) is 42.5 Å². The molecule has 7 nitrogen and oxygen atoms in total. The summed E-state index contributed by atoms with van der Waals surface area (Å²) in [6.45, 7) is 7.03. The zero-order chi connectivity index (χ0) is 23.9. The highest BCUT2D eigenvalue weighted by atomic mass is 35.5. The lowest BCUT2D eigenvalue weighted by Gasteiger charge is -2.35. The Morgan fingerprint density at radius 3 is 2.59 bits per heavy atom. The molecule has 1 amide bonds. The second kappa shape index (κ2) is 11.5. The summed E-state index contributed by atoms with van der Waals surface area (Å²) in [5, 5.41) is 5.98. The Labute approximate surface area is 208 Å². The molecule has 0 spiro atoms. The van der Waals surface area contributed by atoms with Gasteiger partial charge in [0.15, 0.2) is 6.61 Å². The number of hydrogen-bond acceptors (Lipinski definition) is 7. The number of nitrogens with one attached hydrogen (secondary N) is 1. The van der Waals surface area contributed by atoms with Crippen molar-refractivity contribution in [2.45, 2.75) is 13.3 Å². The predicted octanol–water partition coefficient (Wildman–Crippen LogP) is 4.33. The molecular weight excluding hydrogens is 472 g/mol. The first kappa shape index (κ1) is 24.2. The third-order valence-electron chi connectivity index (χ3n) is 5.65. The molecule has 9 heteroatoms. The van der Waals surface area contributed by atoms with Gasteiger partial charge in [0.25, 0.3) is 5.91 Å². The molecule has 1 saturated heterocycles. The molecule has 1 aromatic heterocycles. The fourth-order valence-electron chi connectivity index (χ4n) is 3.76. The number of anilines is 2. The van der Waals surface area contributed by atoms with Crippen LogP contribution in [0, 0.1) is 0 Å². The van der Waals surface area contributed by atoms with Crippen molar-refractivity contribution in [1.29, 1.82) is 0 Å². The molecule has 2 aromatic carbocycles. The van der Waals surface area contributed by atoms with Crippen molar-refractivity contribution in [2.75, 3.05) is 49.5 Å². The lowest BCUT2D eigenvalue weighted by atomic mass is 10.2. The van der Waals surface area contributed by atoms with E-state index in [0.29, 0.717) is 16.4 Å². The van der Waals surface area contributed by atoms with Crippen LogP contribution >= 0.6 is 22.9 Å². The number of amides is 1. The van der Waals surface area contributed by atoms with Crippen molar-refractivity contribution >= 4 is 46.2 Å². The quantitative estimate of drug-likeness (QED) is 0.466. The van der Waals surface area contributed by atoms with Crippen molar-refractivity contribution in [3.8, 4) is 10.6 Å². The summed E-state index contributed by atoms with van der Waals surface area (Å²) in [6, 6.07) is 15.1. The van der Waals surface area contributed by atoms with E-state index in [1.165, 1.54) is 11.3 Å². The Kier molecular flexibility index (Phi) is 8.16. The smallest absolute Gasteiger partial charge is 0.312 e. The van der Waals surface area contributed by atoms with Crippen molar-refractivity contribution in [2.24, 2.45) is 0 Å².